The van der Waals surface area contributed by atoms with Crippen molar-refractivity contribution in [3.8, 4) is 0 Å². The predicted molar refractivity (Wildman–Crippen MR) is 63.3 cm³/mol. The summed E-state index contributed by atoms with van der Waals surface area (Å²) in [4.78, 5) is 13.5. The Hall–Kier alpha value is -0.930. The van der Waals surface area contributed by atoms with E-state index in [-0.39, 0.29) is 18.0 Å². The van der Waals surface area contributed by atoms with E-state index in [1.807, 2.05) is 19.0 Å². The average molecular weight is 244 g/mol. The Labute approximate surface area is 100 Å². The van der Waals surface area contributed by atoms with Crippen LogP contribution in [0.5, 0.6) is 0 Å². The normalized spacial score (nSPS) is 10.8. The van der Waals surface area contributed by atoms with E-state index in [1.54, 1.807) is 0 Å². The van der Waals surface area contributed by atoms with Crippen molar-refractivity contribution in [2.45, 2.75) is 12.8 Å². The first kappa shape index (κ1) is 13.1. The van der Waals surface area contributed by atoms with Gasteiger partial charge < -0.3 is 4.90 Å². The summed E-state index contributed by atoms with van der Waals surface area (Å²) in [6.45, 7) is 0.700. The molecule has 0 aliphatic carbocycles. The molecule has 0 radical (unpaired) electrons. The average Bonchev–Trinajstić information content (AvgIpc) is 2.20. The Kier molecular flexibility index (Phi) is 4.90. The lowest BCUT2D eigenvalue weighted by molar-refractivity contribution is -0.118. The molecule has 0 unspecified atom stereocenters. The minimum Gasteiger partial charge on any atom is -0.309 e. The summed E-state index contributed by atoms with van der Waals surface area (Å²) in [6.07, 6.45) is 0.657. The molecule has 0 spiro atoms. The van der Waals surface area contributed by atoms with Gasteiger partial charge in [-0.05, 0) is 37.9 Å². The second-order valence-corrected chi connectivity index (χ2v) is 4.41. The molecule has 16 heavy (non-hydrogen) atoms. The fourth-order valence-electron chi connectivity index (χ4n) is 1.33. The Morgan fingerprint density at radius 1 is 1.44 bits per heavy atom. The largest absolute Gasteiger partial charge is 0.309 e. The second kappa shape index (κ2) is 5.97. The molecule has 0 aliphatic heterocycles. The van der Waals surface area contributed by atoms with Crippen LogP contribution in [0.4, 0.5) is 4.39 Å². The van der Waals surface area contributed by atoms with Gasteiger partial charge in [0.1, 0.15) is 11.6 Å². The summed E-state index contributed by atoms with van der Waals surface area (Å²) in [5.41, 5.74) is 0.561. The van der Waals surface area contributed by atoms with Gasteiger partial charge in [-0.25, -0.2) is 4.39 Å². The first-order valence-electron chi connectivity index (χ1n) is 5.09. The molecule has 0 N–H and O–H groups in total. The molecule has 2 nitrogen and oxygen atoms in total. The molecule has 0 amide bonds. The van der Waals surface area contributed by atoms with Gasteiger partial charge in [0.15, 0.2) is 0 Å². The third-order valence-electron chi connectivity index (χ3n) is 2.23. The van der Waals surface area contributed by atoms with Gasteiger partial charge >= 0.3 is 0 Å². The highest BCUT2D eigenvalue weighted by Gasteiger charge is 2.08. The first-order chi connectivity index (χ1) is 7.49. The molecule has 0 heterocycles. The molecular formula is C12H15ClFNO. The molecule has 0 fully saturated rings. The van der Waals surface area contributed by atoms with Crippen molar-refractivity contribution >= 4 is 17.4 Å². The molecule has 0 atom stereocenters. The van der Waals surface area contributed by atoms with E-state index in [4.69, 9.17) is 11.6 Å². The van der Waals surface area contributed by atoms with Gasteiger partial charge in [0, 0.05) is 24.4 Å². The number of rotatable bonds is 5. The number of hydrogen-bond acceptors (Lipinski definition) is 2. The molecule has 0 bridgehead atoms. The van der Waals surface area contributed by atoms with Crippen molar-refractivity contribution in [1.29, 1.82) is 0 Å². The van der Waals surface area contributed by atoms with Crippen molar-refractivity contribution in [1.82, 2.24) is 4.90 Å². The van der Waals surface area contributed by atoms with E-state index in [0.29, 0.717) is 23.6 Å². The molecule has 0 aromatic heterocycles. The molecule has 0 aliphatic rings. The quantitative estimate of drug-likeness (QED) is 0.792. The summed E-state index contributed by atoms with van der Waals surface area (Å²) >= 11 is 5.87. The molecule has 1 aromatic rings. The Morgan fingerprint density at radius 3 is 2.75 bits per heavy atom. The molecule has 88 valence electrons. The van der Waals surface area contributed by atoms with Gasteiger partial charge in [-0.3, -0.25) is 4.79 Å². The maximum absolute atomic E-state index is 12.9. The Balaban J connectivity index is 2.59. The highest BCUT2D eigenvalue weighted by atomic mass is 35.5. The second-order valence-electron chi connectivity index (χ2n) is 4.00. The maximum Gasteiger partial charge on any atom is 0.138 e. The van der Waals surface area contributed by atoms with Crippen LogP contribution in [0, 0.1) is 5.82 Å². The van der Waals surface area contributed by atoms with E-state index in [9.17, 15) is 9.18 Å². The number of carbonyl (C=O) groups is 1. The van der Waals surface area contributed by atoms with Crippen LogP contribution in [-0.2, 0) is 11.2 Å². The number of carbonyl (C=O) groups excluding carboxylic acids is 1. The van der Waals surface area contributed by atoms with Crippen molar-refractivity contribution in [2.24, 2.45) is 0 Å². The zero-order valence-electron chi connectivity index (χ0n) is 9.46. The van der Waals surface area contributed by atoms with Crippen LogP contribution in [0.3, 0.4) is 0 Å². The van der Waals surface area contributed by atoms with Gasteiger partial charge in [0.05, 0.1) is 0 Å². The van der Waals surface area contributed by atoms with E-state index in [2.05, 4.69) is 0 Å². The zero-order valence-corrected chi connectivity index (χ0v) is 10.2. The van der Waals surface area contributed by atoms with Gasteiger partial charge in [-0.1, -0.05) is 11.6 Å². The lowest BCUT2D eigenvalue weighted by Gasteiger charge is -2.08. The van der Waals surface area contributed by atoms with Crippen molar-refractivity contribution < 1.29 is 9.18 Å². The van der Waals surface area contributed by atoms with Crippen LogP contribution >= 0.6 is 11.6 Å². The fraction of sp³-hybridized carbons (Fsp3) is 0.417. The standard InChI is InChI=1S/C12H15ClFNO/c1-15(2)6-5-11(16)8-9-7-10(14)3-4-12(9)13/h3-4,7H,5-6,8H2,1-2H3. The van der Waals surface area contributed by atoms with Gasteiger partial charge in [-0.15, -0.1) is 0 Å². The molecule has 1 aromatic carbocycles. The van der Waals surface area contributed by atoms with Crippen LogP contribution in [0.2, 0.25) is 5.02 Å². The van der Waals surface area contributed by atoms with Crippen LogP contribution in [0.1, 0.15) is 12.0 Å². The Bertz CT molecular complexity index is 379. The summed E-state index contributed by atoms with van der Waals surface area (Å²) < 4.78 is 12.9. The highest BCUT2D eigenvalue weighted by molar-refractivity contribution is 6.31. The number of hydrogen-bond donors (Lipinski definition) is 0. The van der Waals surface area contributed by atoms with Crippen LogP contribution in [-0.4, -0.2) is 31.3 Å². The molecular weight excluding hydrogens is 229 g/mol. The van der Waals surface area contributed by atoms with Gasteiger partial charge in [0.2, 0.25) is 0 Å². The number of Topliss-reactive ketones (excluding diaryl/α,β-unsaturated/α-hetero) is 1. The van der Waals surface area contributed by atoms with Crippen LogP contribution < -0.4 is 0 Å². The number of nitrogens with zero attached hydrogens (tertiary/aromatic N) is 1. The molecule has 0 saturated heterocycles. The summed E-state index contributed by atoms with van der Waals surface area (Å²) in [5.74, 6) is -0.291. The lowest BCUT2D eigenvalue weighted by atomic mass is 10.1. The third kappa shape index (κ3) is 4.29. The molecule has 4 heteroatoms. The summed E-state index contributed by atoms with van der Waals surface area (Å²) in [6, 6.07) is 4.08. The van der Waals surface area contributed by atoms with E-state index in [1.165, 1.54) is 18.2 Å². The molecule has 0 saturated carbocycles. The number of ketones is 1. The number of benzene rings is 1. The van der Waals surface area contributed by atoms with Crippen LogP contribution in [0.25, 0.3) is 0 Å². The summed E-state index contributed by atoms with van der Waals surface area (Å²) in [5, 5.41) is 0.444. The first-order valence-corrected chi connectivity index (χ1v) is 5.47. The minimum absolute atomic E-state index is 0.0706. The predicted octanol–water partition coefficient (Wildman–Crippen LogP) is 2.54. The van der Waals surface area contributed by atoms with E-state index in [0.717, 1.165) is 0 Å². The lowest BCUT2D eigenvalue weighted by Crippen LogP contribution is -2.17. The smallest absolute Gasteiger partial charge is 0.138 e. The summed E-state index contributed by atoms with van der Waals surface area (Å²) in [7, 11) is 3.81. The fourth-order valence-corrected chi connectivity index (χ4v) is 1.51. The van der Waals surface area contributed by atoms with Crippen molar-refractivity contribution in [3.05, 3.63) is 34.6 Å². The molecule has 1 rings (SSSR count). The Morgan fingerprint density at radius 2 is 2.12 bits per heavy atom. The van der Waals surface area contributed by atoms with Gasteiger partial charge in [0.25, 0.3) is 0 Å². The monoisotopic (exact) mass is 243 g/mol. The van der Waals surface area contributed by atoms with E-state index >= 15 is 0 Å². The topological polar surface area (TPSA) is 20.3 Å². The SMILES string of the molecule is CN(C)CCC(=O)Cc1cc(F)ccc1Cl. The van der Waals surface area contributed by atoms with Crippen molar-refractivity contribution in [2.75, 3.05) is 20.6 Å². The zero-order chi connectivity index (χ0) is 12.1. The van der Waals surface area contributed by atoms with Crippen molar-refractivity contribution in [3.63, 3.8) is 0 Å². The van der Waals surface area contributed by atoms with Crippen LogP contribution in [0.15, 0.2) is 18.2 Å². The van der Waals surface area contributed by atoms with E-state index < -0.39 is 0 Å². The number of halogens is 2. The van der Waals surface area contributed by atoms with Gasteiger partial charge in [-0.2, -0.15) is 0 Å². The maximum atomic E-state index is 12.9. The highest BCUT2D eigenvalue weighted by Crippen LogP contribution is 2.18. The minimum atomic E-state index is -0.361. The third-order valence-corrected chi connectivity index (χ3v) is 2.60.